The van der Waals surface area contributed by atoms with Gasteiger partial charge in [0.25, 0.3) is 0 Å². The molecule has 3 atom stereocenters. The number of nitrogens with zero attached hydrogens (tertiary/aromatic N) is 1. The molecule has 1 aliphatic rings. The molecule has 0 aromatic heterocycles. The summed E-state index contributed by atoms with van der Waals surface area (Å²) in [5.41, 5.74) is 0. The van der Waals surface area contributed by atoms with Crippen LogP contribution in [-0.4, -0.2) is 12.8 Å². The molecule has 2 nitrogen and oxygen atoms in total. The number of alkyl halides is 3. The maximum Gasteiger partial charge on any atom is 0.389 e. The van der Waals surface area contributed by atoms with Crippen molar-refractivity contribution in [3.8, 4) is 6.07 Å². The molecule has 1 aliphatic carbocycles. The van der Waals surface area contributed by atoms with Gasteiger partial charge in [-0.2, -0.15) is 14.0 Å². The van der Waals surface area contributed by atoms with Crippen molar-refractivity contribution in [1.82, 2.24) is 0 Å². The molecule has 0 aromatic rings. The molecular weight excluding hydrogens is 226 g/mol. The van der Waals surface area contributed by atoms with Crippen molar-refractivity contribution in [1.29, 1.82) is 5.26 Å². The minimum atomic E-state index is -3.95. The molecule has 1 saturated carbocycles. The average molecular weight is 239 g/mol. The monoisotopic (exact) mass is 239 g/mol. The quantitative estimate of drug-likeness (QED) is 0.704. The summed E-state index contributed by atoms with van der Waals surface area (Å²) in [7, 11) is 0. The van der Waals surface area contributed by atoms with Crippen LogP contribution in [0.3, 0.4) is 0 Å². The van der Waals surface area contributed by atoms with Crippen molar-refractivity contribution in [2.24, 2.45) is 17.8 Å². The van der Waals surface area contributed by atoms with Gasteiger partial charge in [0, 0.05) is 6.42 Å². The predicted molar refractivity (Wildman–Crippen MR) is 47.7 cm³/mol. The third kappa shape index (κ3) is 2.85. The Morgan fingerprint density at radius 2 is 2.06 bits per heavy atom. The predicted octanol–water partition coefficient (Wildman–Crippen LogP) is 3.40. The Kier molecular flexibility index (Phi) is 4.54. The van der Waals surface area contributed by atoms with E-state index in [1.165, 1.54) is 0 Å². The fourth-order valence-electron chi connectivity index (χ4n) is 2.29. The number of hydrogen-bond donors (Lipinski definition) is 0. The second-order valence-electron chi connectivity index (χ2n) is 4.20. The summed E-state index contributed by atoms with van der Waals surface area (Å²) in [5.74, 6) is -2.59. The SMILES string of the molecule is N#CCC1CCC(CF)C(C(F)(F)OF)C1. The van der Waals surface area contributed by atoms with Gasteiger partial charge in [0.05, 0.1) is 18.7 Å². The average Bonchev–Trinajstić information content (AvgIpc) is 2.29. The first kappa shape index (κ1) is 13.2. The fourth-order valence-corrected chi connectivity index (χ4v) is 2.29. The van der Waals surface area contributed by atoms with E-state index < -0.39 is 24.6 Å². The van der Waals surface area contributed by atoms with E-state index in [9.17, 15) is 17.7 Å². The van der Waals surface area contributed by atoms with E-state index in [4.69, 9.17) is 5.26 Å². The van der Waals surface area contributed by atoms with E-state index in [1.807, 2.05) is 6.07 Å². The lowest BCUT2D eigenvalue weighted by molar-refractivity contribution is -0.385. The molecule has 0 N–H and O–H groups in total. The van der Waals surface area contributed by atoms with E-state index in [2.05, 4.69) is 4.94 Å². The lowest BCUT2D eigenvalue weighted by atomic mass is 9.73. The molecule has 0 aromatic carbocycles. The van der Waals surface area contributed by atoms with Gasteiger partial charge in [-0.1, -0.05) is 0 Å². The molecule has 6 heteroatoms. The molecule has 0 amide bonds. The molecule has 0 saturated heterocycles. The highest BCUT2D eigenvalue weighted by molar-refractivity contribution is 4.88. The largest absolute Gasteiger partial charge is 0.389 e. The summed E-state index contributed by atoms with van der Waals surface area (Å²) < 4.78 is 50.4. The van der Waals surface area contributed by atoms with Gasteiger partial charge in [-0.05, 0) is 35.6 Å². The summed E-state index contributed by atoms with van der Waals surface area (Å²) in [6.45, 7) is -0.914. The van der Waals surface area contributed by atoms with Gasteiger partial charge < -0.3 is 0 Å². The van der Waals surface area contributed by atoms with Gasteiger partial charge in [0.15, 0.2) is 0 Å². The number of rotatable bonds is 4. The summed E-state index contributed by atoms with van der Waals surface area (Å²) in [4.78, 5) is 2.65. The first-order valence-electron chi connectivity index (χ1n) is 5.15. The van der Waals surface area contributed by atoms with Crippen molar-refractivity contribution in [3.63, 3.8) is 0 Å². The third-order valence-electron chi connectivity index (χ3n) is 3.21. The lowest BCUT2D eigenvalue weighted by Gasteiger charge is -2.36. The zero-order valence-electron chi connectivity index (χ0n) is 8.63. The molecule has 0 heterocycles. The first-order valence-corrected chi connectivity index (χ1v) is 5.15. The summed E-state index contributed by atoms with van der Waals surface area (Å²) >= 11 is 0. The van der Waals surface area contributed by atoms with Crippen LogP contribution < -0.4 is 0 Å². The van der Waals surface area contributed by atoms with Crippen LogP contribution >= 0.6 is 0 Å². The molecule has 3 unspecified atom stereocenters. The van der Waals surface area contributed by atoms with Crippen LogP contribution in [0.15, 0.2) is 0 Å². The topological polar surface area (TPSA) is 33.0 Å². The smallest absolute Gasteiger partial charge is 0.251 e. The Morgan fingerprint density at radius 3 is 2.56 bits per heavy atom. The van der Waals surface area contributed by atoms with Gasteiger partial charge >= 0.3 is 6.11 Å². The lowest BCUT2D eigenvalue weighted by Crippen LogP contribution is -2.40. The molecule has 92 valence electrons. The Morgan fingerprint density at radius 1 is 1.38 bits per heavy atom. The van der Waals surface area contributed by atoms with Crippen LogP contribution in [0, 0.1) is 29.1 Å². The summed E-state index contributed by atoms with van der Waals surface area (Å²) in [5, 5.41) is 8.47. The zero-order valence-corrected chi connectivity index (χ0v) is 8.63. The van der Waals surface area contributed by atoms with Gasteiger partial charge in [0.1, 0.15) is 0 Å². The second kappa shape index (κ2) is 5.48. The van der Waals surface area contributed by atoms with Gasteiger partial charge in [0.2, 0.25) is 0 Å². The maximum absolute atomic E-state index is 13.0. The Bertz CT molecular complexity index is 266. The number of hydrogen-bond acceptors (Lipinski definition) is 2. The molecule has 0 radical (unpaired) electrons. The van der Waals surface area contributed by atoms with E-state index >= 15 is 0 Å². The molecule has 1 fully saturated rings. The van der Waals surface area contributed by atoms with Crippen LogP contribution in [0.2, 0.25) is 0 Å². The van der Waals surface area contributed by atoms with Crippen LogP contribution in [-0.2, 0) is 4.94 Å². The van der Waals surface area contributed by atoms with E-state index in [0.29, 0.717) is 6.42 Å². The molecule has 0 aliphatic heterocycles. The van der Waals surface area contributed by atoms with Crippen molar-refractivity contribution >= 4 is 0 Å². The van der Waals surface area contributed by atoms with Gasteiger partial charge in [-0.25, -0.2) is 0 Å². The minimum absolute atomic E-state index is 0.0704. The minimum Gasteiger partial charge on any atom is -0.251 e. The second-order valence-corrected chi connectivity index (χ2v) is 4.20. The Hall–Kier alpha value is -0.830. The molecular formula is C10H13F4NO. The molecule has 16 heavy (non-hydrogen) atoms. The highest BCUT2D eigenvalue weighted by Gasteiger charge is 2.49. The first-order chi connectivity index (χ1) is 7.55. The maximum atomic E-state index is 13.0. The zero-order chi connectivity index (χ0) is 12.2. The summed E-state index contributed by atoms with van der Waals surface area (Å²) in [6.07, 6.45) is -3.12. The Balaban J connectivity index is 2.72. The summed E-state index contributed by atoms with van der Waals surface area (Å²) in [6, 6.07) is 1.89. The fraction of sp³-hybridized carbons (Fsp3) is 0.900. The van der Waals surface area contributed by atoms with E-state index in [1.54, 1.807) is 0 Å². The highest BCUT2D eigenvalue weighted by Crippen LogP contribution is 2.44. The molecule has 0 bridgehead atoms. The van der Waals surface area contributed by atoms with Crippen molar-refractivity contribution in [2.45, 2.75) is 31.8 Å². The standard InChI is InChI=1S/C10H13F4NO/c11-6-8-2-1-7(3-4-15)5-9(8)10(12,13)16-14/h7-9H,1-3,5-6H2. The third-order valence-corrected chi connectivity index (χ3v) is 3.21. The van der Waals surface area contributed by atoms with Crippen LogP contribution in [0.4, 0.5) is 17.7 Å². The number of nitriles is 1. The highest BCUT2D eigenvalue weighted by atomic mass is 19.4. The normalized spacial score (nSPS) is 31.1. The van der Waals surface area contributed by atoms with Crippen LogP contribution in [0.5, 0.6) is 0 Å². The van der Waals surface area contributed by atoms with Gasteiger partial charge in [-0.3, -0.25) is 4.39 Å². The number of halogens is 4. The van der Waals surface area contributed by atoms with Crippen molar-refractivity contribution in [3.05, 3.63) is 0 Å². The Labute approximate surface area is 91.1 Å². The van der Waals surface area contributed by atoms with E-state index in [-0.39, 0.29) is 25.2 Å². The van der Waals surface area contributed by atoms with Crippen molar-refractivity contribution < 1.29 is 22.6 Å². The molecule has 0 spiro atoms. The molecule has 1 rings (SSSR count). The van der Waals surface area contributed by atoms with Crippen LogP contribution in [0.1, 0.15) is 25.7 Å². The van der Waals surface area contributed by atoms with Gasteiger partial charge in [-0.15, -0.1) is 4.94 Å². The van der Waals surface area contributed by atoms with Crippen molar-refractivity contribution in [2.75, 3.05) is 6.67 Å². The van der Waals surface area contributed by atoms with E-state index in [0.717, 1.165) is 0 Å². The van der Waals surface area contributed by atoms with Crippen LogP contribution in [0.25, 0.3) is 0 Å².